The highest BCUT2D eigenvalue weighted by atomic mass is 32.1. The molecular weight excluding hydrogens is 913 g/mol. The molecule has 1 aliphatic carbocycles. The minimum Gasteiger partial charge on any atom is -0.446 e. The van der Waals surface area contributed by atoms with Crippen molar-refractivity contribution in [2.75, 3.05) is 63.0 Å². The standard InChI is InChI=1S/C51H64N10O6S2/c1-31-40(57-49(66)67-38-9-7-6-8-10-38)19-36(23-53-31)35-15-16-39-42(20-35)69-48(56-39)52-17-18-59-26-51(27-59)28-60(29-51)25-43(63)58-45(50(3,4)5)47(65)61-24-37(62)21-41(61)46(64)54-22-33-11-13-34(14-12-33)44-32(2)55-30-68-44/h11-16,19-20,23,30,37-38,41,45,62H,6-10,17-18,21-22,24-29H2,1-5H3,(H,52,56)(H,54,64)(H,57,66)(H,58,63)/t37-,41+,45-/m1/s1. The monoisotopic (exact) mass is 976 g/mol. The van der Waals surface area contributed by atoms with Crippen LogP contribution >= 0.6 is 22.7 Å². The number of carbonyl (C=O) groups excluding carboxylic acids is 4. The number of ether oxygens (including phenoxy) is 1. The molecule has 0 bridgehead atoms. The fourth-order valence-electron chi connectivity index (χ4n) is 10.3. The highest BCUT2D eigenvalue weighted by Gasteiger charge is 2.52. The molecule has 0 radical (unpaired) electrons. The van der Waals surface area contributed by atoms with Crippen LogP contribution in [-0.2, 0) is 25.7 Å². The van der Waals surface area contributed by atoms with Crippen LogP contribution in [-0.4, -0.2) is 135 Å². The molecule has 6 heterocycles. The van der Waals surface area contributed by atoms with Crippen molar-refractivity contribution < 1.29 is 29.0 Å². The van der Waals surface area contributed by atoms with Gasteiger partial charge in [0.1, 0.15) is 18.2 Å². The predicted octanol–water partition coefficient (Wildman–Crippen LogP) is 6.82. The molecule has 2 aromatic carbocycles. The minimum atomic E-state index is -0.877. The molecule has 3 aliphatic heterocycles. The van der Waals surface area contributed by atoms with Crippen molar-refractivity contribution in [1.29, 1.82) is 0 Å². The summed E-state index contributed by atoms with van der Waals surface area (Å²) in [5.41, 5.74) is 8.48. The van der Waals surface area contributed by atoms with Gasteiger partial charge in [-0.15, -0.1) is 11.3 Å². The van der Waals surface area contributed by atoms with Crippen LogP contribution in [0.2, 0.25) is 0 Å². The Balaban J connectivity index is 0.705. The molecule has 5 N–H and O–H groups in total. The van der Waals surface area contributed by atoms with Crippen molar-refractivity contribution in [2.24, 2.45) is 10.8 Å². The second-order valence-electron chi connectivity index (χ2n) is 20.6. The number of fused-ring (bicyclic) bond motifs is 1. The number of nitrogens with one attached hydrogen (secondary N) is 4. The lowest BCUT2D eigenvalue weighted by Crippen LogP contribution is -2.73. The number of carbonyl (C=O) groups is 4. The van der Waals surface area contributed by atoms with Crippen LogP contribution in [0.15, 0.2) is 60.2 Å². The molecule has 366 valence electrons. The van der Waals surface area contributed by atoms with E-state index in [2.05, 4.69) is 47.1 Å². The molecule has 69 heavy (non-hydrogen) atoms. The number of nitrogens with zero attached hydrogens (tertiary/aromatic N) is 6. The number of aliphatic hydroxyl groups excluding tert-OH is 1. The molecule has 1 spiro atoms. The SMILES string of the molecule is Cc1ncc(-c2ccc3nc(NCCN4CC5(C4)CN(CC(=O)N[C@H](C(=O)N4C[C@H](O)C[C@H]4C(=O)NCc4ccc(-c6scnc6C)cc4)C(C)(C)C)C5)sc3c2)cc1NC(=O)OC1CCCCC1. The van der Waals surface area contributed by atoms with E-state index in [1.54, 1.807) is 22.7 Å². The largest absolute Gasteiger partial charge is 0.446 e. The zero-order valence-electron chi connectivity index (χ0n) is 40.2. The summed E-state index contributed by atoms with van der Waals surface area (Å²) in [6.07, 6.45) is 5.87. The maximum absolute atomic E-state index is 14.2. The number of aromatic nitrogens is 3. The smallest absolute Gasteiger partial charge is 0.411 e. The molecule has 3 atom stereocenters. The van der Waals surface area contributed by atoms with Crippen molar-refractivity contribution in [3.05, 3.63) is 77.2 Å². The first-order valence-corrected chi connectivity index (χ1v) is 25.9. The highest BCUT2D eigenvalue weighted by molar-refractivity contribution is 7.22. The van der Waals surface area contributed by atoms with Crippen molar-refractivity contribution in [3.8, 4) is 21.6 Å². The number of amides is 4. The lowest BCUT2D eigenvalue weighted by molar-refractivity contribution is -0.146. The van der Waals surface area contributed by atoms with Gasteiger partial charge in [-0.25, -0.2) is 14.8 Å². The van der Waals surface area contributed by atoms with E-state index in [-0.39, 0.29) is 55.3 Å². The number of pyridine rings is 1. The Hall–Kier alpha value is -5.53. The summed E-state index contributed by atoms with van der Waals surface area (Å²) in [5.74, 6) is -0.934. The van der Waals surface area contributed by atoms with Crippen molar-refractivity contribution in [1.82, 2.24) is 40.3 Å². The summed E-state index contributed by atoms with van der Waals surface area (Å²) in [4.78, 5) is 74.7. The lowest BCUT2D eigenvalue weighted by Gasteiger charge is -2.60. The predicted molar refractivity (Wildman–Crippen MR) is 270 cm³/mol. The van der Waals surface area contributed by atoms with Gasteiger partial charge in [-0.3, -0.25) is 29.6 Å². The van der Waals surface area contributed by atoms with E-state index < -0.39 is 29.7 Å². The van der Waals surface area contributed by atoms with Crippen LogP contribution in [0, 0.1) is 24.7 Å². The average molecular weight is 977 g/mol. The summed E-state index contributed by atoms with van der Waals surface area (Å²) in [7, 11) is 0. The molecule has 18 heteroatoms. The average Bonchev–Trinajstić information content (AvgIpc) is 4.03. The van der Waals surface area contributed by atoms with Gasteiger partial charge in [-0.2, -0.15) is 0 Å². The van der Waals surface area contributed by atoms with Gasteiger partial charge >= 0.3 is 6.09 Å². The van der Waals surface area contributed by atoms with Gasteiger partial charge in [-0.1, -0.05) is 68.9 Å². The third-order valence-electron chi connectivity index (χ3n) is 13.9. The number of benzene rings is 2. The number of anilines is 2. The summed E-state index contributed by atoms with van der Waals surface area (Å²) in [6, 6.07) is 14.3. The van der Waals surface area contributed by atoms with E-state index in [1.807, 2.05) is 88.8 Å². The Morgan fingerprint density at radius 2 is 1.65 bits per heavy atom. The number of aliphatic hydroxyl groups is 1. The Labute approximate surface area is 411 Å². The zero-order chi connectivity index (χ0) is 48.5. The number of hydrogen-bond donors (Lipinski definition) is 5. The van der Waals surface area contributed by atoms with E-state index in [4.69, 9.17) is 9.72 Å². The molecule has 1 saturated carbocycles. The van der Waals surface area contributed by atoms with Gasteiger partial charge in [0.15, 0.2) is 5.13 Å². The first-order chi connectivity index (χ1) is 33.1. The summed E-state index contributed by atoms with van der Waals surface area (Å²) in [5, 5.41) is 23.9. The van der Waals surface area contributed by atoms with Crippen LogP contribution < -0.4 is 21.3 Å². The number of rotatable bonds is 15. The maximum atomic E-state index is 14.2. The molecule has 4 aliphatic rings. The summed E-state index contributed by atoms with van der Waals surface area (Å²) >= 11 is 3.20. The second kappa shape index (κ2) is 20.4. The fraction of sp³-hybridized carbons (Fsp3) is 0.510. The molecular formula is C51H64N10O6S2. The number of thiazole rings is 2. The van der Waals surface area contributed by atoms with E-state index in [1.165, 1.54) is 11.3 Å². The second-order valence-corrected chi connectivity index (χ2v) is 22.5. The van der Waals surface area contributed by atoms with Crippen LogP contribution in [0.4, 0.5) is 15.6 Å². The summed E-state index contributed by atoms with van der Waals surface area (Å²) < 4.78 is 6.74. The molecule has 3 saturated heterocycles. The van der Waals surface area contributed by atoms with Gasteiger partial charge in [0.05, 0.1) is 50.3 Å². The lowest BCUT2D eigenvalue weighted by atomic mass is 9.73. The van der Waals surface area contributed by atoms with Gasteiger partial charge in [0.2, 0.25) is 17.7 Å². The van der Waals surface area contributed by atoms with Gasteiger partial charge in [-0.05, 0) is 79.8 Å². The van der Waals surface area contributed by atoms with Gasteiger partial charge < -0.3 is 35.6 Å². The number of hydrogen-bond acceptors (Lipinski definition) is 14. The van der Waals surface area contributed by atoms with Gasteiger partial charge in [0.25, 0.3) is 0 Å². The van der Waals surface area contributed by atoms with E-state index in [0.29, 0.717) is 5.69 Å². The third-order valence-corrected chi connectivity index (χ3v) is 15.8. The van der Waals surface area contributed by atoms with Crippen LogP contribution in [0.3, 0.4) is 0 Å². The quantitative estimate of drug-likeness (QED) is 0.0737. The Morgan fingerprint density at radius 3 is 2.38 bits per heavy atom. The zero-order valence-corrected chi connectivity index (χ0v) is 41.8. The minimum absolute atomic E-state index is 0.0239. The van der Waals surface area contributed by atoms with E-state index in [0.717, 1.165) is 119 Å². The normalized spacial score (nSPS) is 20.0. The maximum Gasteiger partial charge on any atom is 0.411 e. The first kappa shape index (κ1) is 48.5. The Kier molecular flexibility index (Phi) is 14.4. The van der Waals surface area contributed by atoms with Crippen molar-refractivity contribution >= 4 is 67.5 Å². The van der Waals surface area contributed by atoms with E-state index in [9.17, 15) is 24.3 Å². The molecule has 16 nitrogen and oxygen atoms in total. The molecule has 4 amide bonds. The number of β-amino-alcohol motifs (C(OH)–C–C–N with tert-alkyl or cyclic N) is 1. The van der Waals surface area contributed by atoms with Crippen LogP contribution in [0.5, 0.6) is 0 Å². The molecule has 3 aromatic heterocycles. The van der Waals surface area contributed by atoms with E-state index >= 15 is 0 Å². The van der Waals surface area contributed by atoms with Crippen molar-refractivity contribution in [2.45, 2.75) is 104 Å². The Morgan fingerprint density at radius 1 is 0.913 bits per heavy atom. The number of aryl methyl sites for hydroxylation is 2. The molecule has 9 rings (SSSR count). The van der Waals surface area contributed by atoms with Gasteiger partial charge in [0, 0.05) is 76.0 Å². The Bertz CT molecular complexity index is 2660. The molecule has 0 unspecified atom stereocenters. The van der Waals surface area contributed by atoms with Crippen LogP contribution in [0.25, 0.3) is 31.8 Å². The third kappa shape index (κ3) is 11.4. The van der Waals surface area contributed by atoms with Crippen LogP contribution in [0.1, 0.15) is 76.2 Å². The fourth-order valence-corrected chi connectivity index (χ4v) is 12.0. The highest BCUT2D eigenvalue weighted by Crippen LogP contribution is 2.39. The topological polar surface area (TPSA) is 194 Å². The first-order valence-electron chi connectivity index (χ1n) is 24.2. The molecule has 4 fully saturated rings. The number of likely N-dealkylation sites (tertiary alicyclic amines) is 3. The van der Waals surface area contributed by atoms with Crippen molar-refractivity contribution in [3.63, 3.8) is 0 Å². The summed E-state index contributed by atoms with van der Waals surface area (Å²) in [6.45, 7) is 15.2. The molecule has 5 aromatic rings.